The zero-order valence-electron chi connectivity index (χ0n) is 17.8. The number of nitrogens with zero attached hydrogens (tertiary/aromatic N) is 4. The van der Waals surface area contributed by atoms with E-state index in [2.05, 4.69) is 12.1 Å². The number of carbonyl (C=O) groups excluding carboxylic acids is 1. The van der Waals surface area contributed by atoms with Gasteiger partial charge in [0.05, 0.1) is 16.7 Å². The second kappa shape index (κ2) is 8.83. The molecule has 4 aromatic rings. The van der Waals surface area contributed by atoms with E-state index in [1.165, 1.54) is 6.07 Å². The first-order valence-corrected chi connectivity index (χ1v) is 10.9. The van der Waals surface area contributed by atoms with Gasteiger partial charge in [0.2, 0.25) is 5.91 Å². The zero-order chi connectivity index (χ0) is 21.9. The van der Waals surface area contributed by atoms with Crippen LogP contribution in [0.2, 0.25) is 0 Å². The lowest BCUT2D eigenvalue weighted by molar-refractivity contribution is -0.132. The molecular formula is C26H25FN4O. The number of aromatic nitrogens is 2. The molecule has 5 nitrogen and oxygen atoms in total. The summed E-state index contributed by atoms with van der Waals surface area (Å²) >= 11 is 0. The maximum absolute atomic E-state index is 14.1. The molecule has 1 fully saturated rings. The molecule has 0 radical (unpaired) electrons. The molecule has 1 aliphatic heterocycles. The maximum atomic E-state index is 14.1. The van der Waals surface area contributed by atoms with Crippen LogP contribution in [0.4, 0.5) is 10.1 Å². The number of halogens is 1. The number of hydrogen-bond acceptors (Lipinski definition) is 3. The highest BCUT2D eigenvalue weighted by Crippen LogP contribution is 2.22. The van der Waals surface area contributed by atoms with Crippen LogP contribution in [0, 0.1) is 5.82 Å². The van der Waals surface area contributed by atoms with Gasteiger partial charge in [-0.25, -0.2) is 9.37 Å². The first kappa shape index (κ1) is 20.2. The third-order valence-electron chi connectivity index (χ3n) is 6.06. The van der Waals surface area contributed by atoms with E-state index in [0.29, 0.717) is 38.3 Å². The lowest BCUT2D eigenvalue weighted by atomic mass is 10.1. The smallest absolute Gasteiger partial charge is 0.242 e. The van der Waals surface area contributed by atoms with Crippen LogP contribution >= 0.6 is 0 Å². The molecule has 5 rings (SSSR count). The van der Waals surface area contributed by atoms with Crippen LogP contribution in [-0.2, 0) is 17.8 Å². The van der Waals surface area contributed by atoms with Crippen molar-refractivity contribution in [3.05, 3.63) is 96.1 Å². The Bertz CT molecular complexity index is 1230. The summed E-state index contributed by atoms with van der Waals surface area (Å²) in [6.45, 7) is 2.65. The number of carbonyl (C=O) groups is 1. The van der Waals surface area contributed by atoms with Gasteiger partial charge in [-0.05, 0) is 29.8 Å². The van der Waals surface area contributed by atoms with Gasteiger partial charge in [0.1, 0.15) is 18.2 Å². The highest BCUT2D eigenvalue weighted by Gasteiger charge is 2.24. The maximum Gasteiger partial charge on any atom is 0.242 e. The lowest BCUT2D eigenvalue weighted by Gasteiger charge is -2.36. The van der Waals surface area contributed by atoms with Crippen LogP contribution in [0.25, 0.3) is 11.0 Å². The van der Waals surface area contributed by atoms with Crippen molar-refractivity contribution < 1.29 is 9.18 Å². The van der Waals surface area contributed by atoms with Gasteiger partial charge >= 0.3 is 0 Å². The first-order chi connectivity index (χ1) is 15.7. The summed E-state index contributed by atoms with van der Waals surface area (Å²) in [6.07, 6.45) is 0.670. The fourth-order valence-corrected chi connectivity index (χ4v) is 4.36. The van der Waals surface area contributed by atoms with Crippen LogP contribution < -0.4 is 4.90 Å². The molecule has 3 aromatic carbocycles. The average Bonchev–Trinajstić information content (AvgIpc) is 3.17. The third kappa shape index (κ3) is 4.08. The number of benzene rings is 3. The van der Waals surface area contributed by atoms with Crippen molar-refractivity contribution in [1.82, 2.24) is 14.5 Å². The Kier molecular flexibility index (Phi) is 5.58. The minimum atomic E-state index is -0.220. The fourth-order valence-electron chi connectivity index (χ4n) is 4.36. The average molecular weight is 429 g/mol. The molecule has 1 amide bonds. The van der Waals surface area contributed by atoms with Crippen molar-refractivity contribution in [3.63, 3.8) is 0 Å². The second-order valence-electron chi connectivity index (χ2n) is 8.08. The number of para-hydroxylation sites is 3. The SMILES string of the molecule is O=C(Cn1c(Cc2ccccc2)nc2ccccc21)N1CCN(c2ccccc2F)CC1. The summed E-state index contributed by atoms with van der Waals surface area (Å²) in [6, 6.07) is 24.9. The minimum absolute atomic E-state index is 0.0654. The molecule has 162 valence electrons. The number of amides is 1. The summed E-state index contributed by atoms with van der Waals surface area (Å²) in [5.41, 5.74) is 3.63. The van der Waals surface area contributed by atoms with Crippen LogP contribution in [0.15, 0.2) is 78.9 Å². The van der Waals surface area contributed by atoms with E-state index in [4.69, 9.17) is 4.98 Å². The van der Waals surface area contributed by atoms with Gasteiger partial charge in [-0.3, -0.25) is 4.79 Å². The van der Waals surface area contributed by atoms with Crippen molar-refractivity contribution in [3.8, 4) is 0 Å². The standard InChI is InChI=1S/C26H25FN4O/c27-21-10-4-6-12-23(21)29-14-16-30(17-15-29)26(32)19-31-24-13-7-5-11-22(24)28-25(31)18-20-8-2-1-3-9-20/h1-13H,14-19H2. The van der Waals surface area contributed by atoms with Gasteiger partial charge in [-0.1, -0.05) is 54.6 Å². The summed E-state index contributed by atoms with van der Waals surface area (Å²) in [5, 5.41) is 0. The number of fused-ring (bicyclic) bond motifs is 1. The van der Waals surface area contributed by atoms with E-state index < -0.39 is 0 Å². The molecular weight excluding hydrogens is 403 g/mol. The van der Waals surface area contributed by atoms with Crippen molar-refractivity contribution >= 4 is 22.6 Å². The molecule has 32 heavy (non-hydrogen) atoms. The molecule has 0 unspecified atom stereocenters. The molecule has 1 aromatic heterocycles. The summed E-state index contributed by atoms with van der Waals surface area (Å²) in [4.78, 5) is 21.9. The Morgan fingerprint density at radius 2 is 1.53 bits per heavy atom. The number of hydrogen-bond donors (Lipinski definition) is 0. The molecule has 0 spiro atoms. The summed E-state index contributed by atoms with van der Waals surface area (Å²) in [5.74, 6) is 0.731. The second-order valence-corrected chi connectivity index (χ2v) is 8.08. The highest BCUT2D eigenvalue weighted by molar-refractivity contribution is 5.81. The van der Waals surface area contributed by atoms with E-state index in [1.54, 1.807) is 12.1 Å². The zero-order valence-corrected chi connectivity index (χ0v) is 17.8. The van der Waals surface area contributed by atoms with Crippen molar-refractivity contribution in [2.45, 2.75) is 13.0 Å². The van der Waals surface area contributed by atoms with Gasteiger partial charge in [0, 0.05) is 32.6 Å². The Labute approximate surface area is 186 Å². The quantitative estimate of drug-likeness (QED) is 0.480. The van der Waals surface area contributed by atoms with Gasteiger partial charge in [0.15, 0.2) is 0 Å². The Balaban J connectivity index is 1.33. The molecule has 6 heteroatoms. The van der Waals surface area contributed by atoms with Crippen molar-refractivity contribution in [1.29, 1.82) is 0 Å². The van der Waals surface area contributed by atoms with Crippen LogP contribution in [0.5, 0.6) is 0 Å². The number of rotatable bonds is 5. The summed E-state index contributed by atoms with van der Waals surface area (Å²) in [7, 11) is 0. The molecule has 2 heterocycles. The fraction of sp³-hybridized carbons (Fsp3) is 0.231. The van der Waals surface area contributed by atoms with E-state index in [-0.39, 0.29) is 18.3 Å². The van der Waals surface area contributed by atoms with Crippen LogP contribution in [0.1, 0.15) is 11.4 Å². The Morgan fingerprint density at radius 1 is 0.844 bits per heavy atom. The van der Waals surface area contributed by atoms with Gasteiger partial charge < -0.3 is 14.4 Å². The topological polar surface area (TPSA) is 41.4 Å². The van der Waals surface area contributed by atoms with Crippen LogP contribution in [0.3, 0.4) is 0 Å². The van der Waals surface area contributed by atoms with Gasteiger partial charge in [0.25, 0.3) is 0 Å². The highest BCUT2D eigenvalue weighted by atomic mass is 19.1. The Hall–Kier alpha value is -3.67. The van der Waals surface area contributed by atoms with E-state index >= 15 is 0 Å². The lowest BCUT2D eigenvalue weighted by Crippen LogP contribution is -2.49. The molecule has 0 bridgehead atoms. The normalized spacial score (nSPS) is 14.2. The number of imidazole rings is 1. The molecule has 0 atom stereocenters. The van der Waals surface area contributed by atoms with Crippen molar-refractivity contribution in [2.24, 2.45) is 0 Å². The number of anilines is 1. The van der Waals surface area contributed by atoms with Gasteiger partial charge in [-0.15, -0.1) is 0 Å². The third-order valence-corrected chi connectivity index (χ3v) is 6.06. The molecule has 0 N–H and O–H groups in total. The Morgan fingerprint density at radius 3 is 2.31 bits per heavy atom. The van der Waals surface area contributed by atoms with Gasteiger partial charge in [-0.2, -0.15) is 0 Å². The predicted octanol–water partition coefficient (Wildman–Crippen LogP) is 4.12. The van der Waals surface area contributed by atoms with E-state index in [1.807, 2.05) is 62.9 Å². The minimum Gasteiger partial charge on any atom is -0.366 e. The number of piperazine rings is 1. The largest absolute Gasteiger partial charge is 0.366 e. The molecule has 0 saturated carbocycles. The molecule has 0 aliphatic carbocycles. The van der Waals surface area contributed by atoms with Crippen LogP contribution in [-0.4, -0.2) is 46.5 Å². The molecule has 1 aliphatic rings. The monoisotopic (exact) mass is 428 g/mol. The van der Waals surface area contributed by atoms with Crippen molar-refractivity contribution in [2.75, 3.05) is 31.1 Å². The summed E-state index contributed by atoms with van der Waals surface area (Å²) < 4.78 is 16.2. The van der Waals surface area contributed by atoms with E-state index in [9.17, 15) is 9.18 Å². The molecule has 1 saturated heterocycles. The van der Waals surface area contributed by atoms with E-state index in [0.717, 1.165) is 22.4 Å². The first-order valence-electron chi connectivity index (χ1n) is 10.9. The predicted molar refractivity (Wildman–Crippen MR) is 124 cm³/mol.